The van der Waals surface area contributed by atoms with Crippen LogP contribution in [0.1, 0.15) is 18.4 Å². The normalized spacial score (nSPS) is 10.4. The van der Waals surface area contributed by atoms with E-state index in [1.165, 1.54) is 4.90 Å². The van der Waals surface area contributed by atoms with Crippen molar-refractivity contribution in [3.05, 3.63) is 52.5 Å². The first-order valence-corrected chi connectivity index (χ1v) is 10.3. The molecule has 140 valence electrons. The molecule has 1 N–H and O–H groups in total. The van der Waals surface area contributed by atoms with Gasteiger partial charge < -0.3 is 14.8 Å². The zero-order chi connectivity index (χ0) is 18.8. The van der Waals surface area contributed by atoms with Gasteiger partial charge in [0.05, 0.1) is 20.6 Å². The highest BCUT2D eigenvalue weighted by molar-refractivity contribution is 9.10. The van der Waals surface area contributed by atoms with E-state index in [0.29, 0.717) is 24.5 Å². The van der Waals surface area contributed by atoms with Crippen molar-refractivity contribution in [1.82, 2.24) is 5.32 Å². The molecule has 4 nitrogen and oxygen atoms in total. The average Bonchev–Trinajstić information content (AvgIpc) is 2.65. The topological polar surface area (TPSA) is 47.6 Å². The van der Waals surface area contributed by atoms with Crippen LogP contribution < -0.4 is 14.8 Å². The molecule has 0 saturated heterocycles. The zero-order valence-electron chi connectivity index (χ0n) is 15.1. The summed E-state index contributed by atoms with van der Waals surface area (Å²) in [6.45, 7) is 0.697. The van der Waals surface area contributed by atoms with Gasteiger partial charge in [-0.15, -0.1) is 11.8 Å². The minimum atomic E-state index is 0.0238. The summed E-state index contributed by atoms with van der Waals surface area (Å²) in [5, 5.41) is 2.98. The fourth-order valence-corrected chi connectivity index (χ4v) is 4.01. The van der Waals surface area contributed by atoms with Crippen molar-refractivity contribution < 1.29 is 14.3 Å². The second kappa shape index (κ2) is 11.1. The van der Waals surface area contributed by atoms with Gasteiger partial charge in [-0.25, -0.2) is 0 Å². The number of carbonyl (C=O) groups is 1. The molecule has 2 rings (SSSR count). The van der Waals surface area contributed by atoms with Crippen LogP contribution in [0.2, 0.25) is 0 Å². The number of hydrogen-bond donors (Lipinski definition) is 1. The maximum atomic E-state index is 12.1. The van der Waals surface area contributed by atoms with Crippen molar-refractivity contribution in [3.63, 3.8) is 0 Å². The average molecular weight is 438 g/mol. The number of halogens is 1. The smallest absolute Gasteiger partial charge is 0.224 e. The van der Waals surface area contributed by atoms with Gasteiger partial charge in [-0.1, -0.05) is 18.2 Å². The molecule has 0 fully saturated rings. The van der Waals surface area contributed by atoms with E-state index in [2.05, 4.69) is 33.4 Å². The van der Waals surface area contributed by atoms with Crippen molar-refractivity contribution >= 4 is 33.6 Å². The Morgan fingerprint density at radius 3 is 2.58 bits per heavy atom. The largest absolute Gasteiger partial charge is 0.493 e. The molecule has 1 amide bonds. The van der Waals surface area contributed by atoms with Gasteiger partial charge >= 0.3 is 0 Å². The summed E-state index contributed by atoms with van der Waals surface area (Å²) >= 11 is 5.39. The summed E-state index contributed by atoms with van der Waals surface area (Å²) in [7, 11) is 3.19. The maximum absolute atomic E-state index is 12.1. The lowest BCUT2D eigenvalue weighted by atomic mass is 10.1. The molecule has 2 aromatic carbocycles. The predicted octanol–water partition coefficient (Wildman–Crippen LogP) is 4.70. The maximum Gasteiger partial charge on any atom is 0.224 e. The molecule has 0 bridgehead atoms. The summed E-state index contributed by atoms with van der Waals surface area (Å²) in [6, 6.07) is 13.8. The minimum absolute atomic E-state index is 0.0238. The molecule has 0 spiro atoms. The molecule has 0 atom stereocenters. The Morgan fingerprint density at radius 1 is 1.08 bits per heavy atom. The number of nitrogens with one attached hydrogen (secondary N) is 1. The summed E-state index contributed by atoms with van der Waals surface area (Å²) < 4.78 is 11.6. The molecule has 2 aromatic rings. The molecule has 0 aliphatic heterocycles. The Balaban J connectivity index is 1.65. The number of amides is 1. The predicted molar refractivity (Wildman–Crippen MR) is 110 cm³/mol. The highest BCUT2D eigenvalue weighted by Crippen LogP contribution is 2.28. The molecular formula is C20H24BrNO3S. The number of methoxy groups -OCH3 is 2. The zero-order valence-corrected chi connectivity index (χ0v) is 17.5. The van der Waals surface area contributed by atoms with Gasteiger partial charge in [0.1, 0.15) is 0 Å². The third-order valence-corrected chi connectivity index (χ3v) is 5.91. The monoisotopic (exact) mass is 437 g/mol. The number of ether oxygens (including phenoxy) is 2. The fraction of sp³-hybridized carbons (Fsp3) is 0.350. The van der Waals surface area contributed by atoms with E-state index in [4.69, 9.17) is 9.47 Å². The van der Waals surface area contributed by atoms with Gasteiger partial charge in [0.2, 0.25) is 5.91 Å². The summed E-state index contributed by atoms with van der Waals surface area (Å²) in [4.78, 5) is 13.3. The highest BCUT2D eigenvalue weighted by atomic mass is 79.9. The first-order chi connectivity index (χ1) is 12.6. The number of unbranched alkanes of at least 4 members (excludes halogenated alkanes) is 1. The van der Waals surface area contributed by atoms with Gasteiger partial charge in [-0.2, -0.15) is 0 Å². The summed E-state index contributed by atoms with van der Waals surface area (Å²) in [5.74, 6) is 2.37. The van der Waals surface area contributed by atoms with Crippen molar-refractivity contribution in [3.8, 4) is 11.5 Å². The number of rotatable bonds is 10. The van der Waals surface area contributed by atoms with Crippen LogP contribution in [0.5, 0.6) is 11.5 Å². The first-order valence-electron chi connectivity index (χ1n) is 8.49. The summed E-state index contributed by atoms with van der Waals surface area (Å²) in [6.07, 6.45) is 2.36. The molecule has 0 radical (unpaired) electrons. The molecule has 26 heavy (non-hydrogen) atoms. The number of thioether (sulfide) groups is 1. The quantitative estimate of drug-likeness (QED) is 0.432. The van der Waals surface area contributed by atoms with Crippen LogP contribution in [0.3, 0.4) is 0 Å². The number of hydrogen-bond acceptors (Lipinski definition) is 4. The molecule has 0 aliphatic rings. The Labute approximate surface area is 167 Å². The van der Waals surface area contributed by atoms with Gasteiger partial charge in [0.25, 0.3) is 0 Å². The molecule has 0 aliphatic carbocycles. The van der Waals surface area contributed by atoms with Crippen LogP contribution in [0.15, 0.2) is 51.8 Å². The van der Waals surface area contributed by atoms with Gasteiger partial charge in [-0.05, 0) is 64.4 Å². The second-order valence-electron chi connectivity index (χ2n) is 5.70. The van der Waals surface area contributed by atoms with E-state index in [0.717, 1.165) is 28.6 Å². The SMILES string of the molecule is COc1ccc(CC(=O)NCCCCSc2ccccc2Br)cc1OC. The van der Waals surface area contributed by atoms with Gasteiger partial charge in [0.15, 0.2) is 11.5 Å². The van der Waals surface area contributed by atoms with Crippen molar-refractivity contribution in [2.24, 2.45) is 0 Å². The lowest BCUT2D eigenvalue weighted by Crippen LogP contribution is -2.26. The second-order valence-corrected chi connectivity index (χ2v) is 7.69. The highest BCUT2D eigenvalue weighted by Gasteiger charge is 2.08. The third kappa shape index (κ3) is 6.57. The fourth-order valence-electron chi connectivity index (χ4n) is 2.44. The molecule has 0 unspecified atom stereocenters. The van der Waals surface area contributed by atoms with Crippen LogP contribution in [0.25, 0.3) is 0 Å². The van der Waals surface area contributed by atoms with Crippen LogP contribution in [-0.2, 0) is 11.2 Å². The first kappa shape index (κ1) is 20.6. The van der Waals surface area contributed by atoms with E-state index in [1.807, 2.05) is 42.1 Å². The van der Waals surface area contributed by atoms with E-state index in [9.17, 15) is 4.79 Å². The number of carbonyl (C=O) groups excluding carboxylic acids is 1. The molecule has 0 heterocycles. The van der Waals surface area contributed by atoms with E-state index < -0.39 is 0 Å². The van der Waals surface area contributed by atoms with Crippen molar-refractivity contribution in [2.75, 3.05) is 26.5 Å². The lowest BCUT2D eigenvalue weighted by Gasteiger charge is -2.10. The Bertz CT molecular complexity index is 724. The lowest BCUT2D eigenvalue weighted by molar-refractivity contribution is -0.120. The van der Waals surface area contributed by atoms with Gasteiger partial charge in [0, 0.05) is 15.9 Å². The van der Waals surface area contributed by atoms with Crippen LogP contribution in [-0.4, -0.2) is 32.4 Å². The summed E-state index contributed by atoms with van der Waals surface area (Å²) in [5.41, 5.74) is 0.907. The Morgan fingerprint density at radius 2 is 1.85 bits per heavy atom. The minimum Gasteiger partial charge on any atom is -0.493 e. The van der Waals surface area contributed by atoms with E-state index >= 15 is 0 Å². The molecule has 6 heteroatoms. The Kier molecular flexibility index (Phi) is 8.85. The standard InChI is InChI=1S/C20H24BrNO3S/c1-24-17-10-9-15(13-18(17)25-2)14-20(23)22-11-5-6-12-26-19-8-4-3-7-16(19)21/h3-4,7-10,13H,5-6,11-12,14H2,1-2H3,(H,22,23). The van der Waals surface area contributed by atoms with Crippen molar-refractivity contribution in [2.45, 2.75) is 24.2 Å². The third-order valence-electron chi connectivity index (χ3n) is 3.80. The molecule has 0 saturated carbocycles. The number of benzene rings is 2. The molecule has 0 aromatic heterocycles. The van der Waals surface area contributed by atoms with E-state index in [-0.39, 0.29) is 5.91 Å². The van der Waals surface area contributed by atoms with Gasteiger partial charge in [-0.3, -0.25) is 4.79 Å². The van der Waals surface area contributed by atoms with Crippen molar-refractivity contribution in [1.29, 1.82) is 0 Å². The van der Waals surface area contributed by atoms with E-state index in [1.54, 1.807) is 14.2 Å². The van der Waals surface area contributed by atoms with Crippen LogP contribution in [0, 0.1) is 0 Å². The molecular weight excluding hydrogens is 414 g/mol. The van der Waals surface area contributed by atoms with Crippen LogP contribution >= 0.6 is 27.7 Å². The Hall–Kier alpha value is -1.66. The van der Waals surface area contributed by atoms with Crippen LogP contribution in [0.4, 0.5) is 0 Å².